The molecule has 108 valence electrons. The summed E-state index contributed by atoms with van der Waals surface area (Å²) in [6.07, 6.45) is 0.769. The maximum atomic E-state index is 13.0. The zero-order chi connectivity index (χ0) is 14.7. The number of halogens is 2. The van der Waals surface area contributed by atoms with E-state index in [1.165, 1.54) is 28.8 Å². The molecule has 3 nitrogen and oxygen atoms in total. The Hall–Kier alpha value is -1.18. The first-order valence-electron chi connectivity index (χ1n) is 6.21. The van der Waals surface area contributed by atoms with Crippen LogP contribution in [0.5, 0.6) is 0 Å². The van der Waals surface area contributed by atoms with Gasteiger partial charge >= 0.3 is 0 Å². The Morgan fingerprint density at radius 2 is 2.24 bits per heavy atom. The van der Waals surface area contributed by atoms with Crippen molar-refractivity contribution in [1.29, 1.82) is 0 Å². The molecular weight excluding hydrogens is 373 g/mol. The van der Waals surface area contributed by atoms with Crippen molar-refractivity contribution in [3.63, 3.8) is 0 Å². The van der Waals surface area contributed by atoms with Crippen LogP contribution in [0.2, 0.25) is 0 Å². The highest BCUT2D eigenvalue weighted by molar-refractivity contribution is 9.10. The van der Waals surface area contributed by atoms with E-state index in [0.29, 0.717) is 10.9 Å². The van der Waals surface area contributed by atoms with Gasteiger partial charge < -0.3 is 0 Å². The highest BCUT2D eigenvalue weighted by Crippen LogP contribution is 2.26. The van der Waals surface area contributed by atoms with Crippen molar-refractivity contribution in [2.24, 2.45) is 0 Å². The number of rotatable bonds is 5. The van der Waals surface area contributed by atoms with E-state index in [1.807, 2.05) is 11.4 Å². The Kier molecular flexibility index (Phi) is 4.72. The summed E-state index contributed by atoms with van der Waals surface area (Å²) in [5.74, 6) is 1.31. The summed E-state index contributed by atoms with van der Waals surface area (Å²) < 4.78 is 13.8. The quantitative estimate of drug-likeness (QED) is 0.651. The zero-order valence-electron chi connectivity index (χ0n) is 10.8. The molecule has 1 aromatic carbocycles. The Balaban J connectivity index is 1.62. The smallest absolute Gasteiger partial charge is 0.208 e. The molecule has 1 N–H and O–H groups in total. The minimum absolute atomic E-state index is 0.244. The second-order valence-corrected chi connectivity index (χ2v) is 7.17. The minimum atomic E-state index is -0.244. The van der Waals surface area contributed by atoms with Gasteiger partial charge in [0, 0.05) is 21.5 Å². The van der Waals surface area contributed by atoms with Crippen LogP contribution in [0.3, 0.4) is 0 Å². The molecule has 7 heteroatoms. The number of thiophene rings is 1. The van der Waals surface area contributed by atoms with Crippen LogP contribution in [0.15, 0.2) is 45.3 Å². The van der Waals surface area contributed by atoms with E-state index in [2.05, 4.69) is 37.2 Å². The van der Waals surface area contributed by atoms with E-state index in [-0.39, 0.29) is 5.82 Å². The molecule has 3 rings (SSSR count). The number of benzene rings is 1. The normalized spacial score (nSPS) is 11.0. The molecule has 0 atom stereocenters. The predicted molar refractivity (Wildman–Crippen MR) is 87.2 cm³/mol. The van der Waals surface area contributed by atoms with E-state index < -0.39 is 0 Å². The molecule has 0 aliphatic carbocycles. The predicted octanol–water partition coefficient (Wildman–Crippen LogP) is 4.65. The lowest BCUT2D eigenvalue weighted by atomic mass is 10.2. The number of hydrogen-bond acceptors (Lipinski definition) is 4. The fourth-order valence-corrected chi connectivity index (χ4v) is 3.99. The standard InChI is InChI=1S/C14H11BrFN3S2/c15-12-6-10(16)4-3-9(12)8-21-14-17-13(18-19-14)7-11-2-1-5-20-11/h1-6H,7-8H2,(H,17,18,19). The molecule has 21 heavy (non-hydrogen) atoms. The SMILES string of the molecule is Fc1ccc(CSc2n[nH]c(Cc3cccs3)n2)c(Br)c1. The number of aromatic nitrogens is 3. The minimum Gasteiger partial charge on any atom is -0.262 e. The Labute approximate surface area is 138 Å². The highest BCUT2D eigenvalue weighted by Gasteiger charge is 2.08. The number of nitrogens with one attached hydrogen (secondary N) is 1. The van der Waals surface area contributed by atoms with Crippen LogP contribution in [-0.2, 0) is 12.2 Å². The summed E-state index contributed by atoms with van der Waals surface area (Å²) in [5, 5.41) is 9.91. The topological polar surface area (TPSA) is 41.6 Å². The van der Waals surface area contributed by atoms with Gasteiger partial charge in [0.05, 0.1) is 0 Å². The van der Waals surface area contributed by atoms with Gasteiger partial charge in [-0.15, -0.1) is 16.4 Å². The number of hydrogen-bond donors (Lipinski definition) is 1. The molecule has 0 aliphatic heterocycles. The number of aromatic amines is 1. The number of thioether (sulfide) groups is 1. The first-order chi connectivity index (χ1) is 10.2. The Bertz CT molecular complexity index is 728. The lowest BCUT2D eigenvalue weighted by Gasteiger charge is -2.02. The molecule has 0 fully saturated rings. The van der Waals surface area contributed by atoms with Crippen molar-refractivity contribution in [2.45, 2.75) is 17.3 Å². The summed E-state index contributed by atoms with van der Waals surface area (Å²) in [5.41, 5.74) is 1.02. The van der Waals surface area contributed by atoms with E-state index in [0.717, 1.165) is 22.3 Å². The summed E-state index contributed by atoms with van der Waals surface area (Å²) in [6.45, 7) is 0. The van der Waals surface area contributed by atoms with Gasteiger partial charge in [-0.1, -0.05) is 39.8 Å². The average Bonchev–Trinajstić information content (AvgIpc) is 3.10. The van der Waals surface area contributed by atoms with Crippen LogP contribution in [-0.4, -0.2) is 15.2 Å². The van der Waals surface area contributed by atoms with Crippen LogP contribution in [0, 0.1) is 5.82 Å². The van der Waals surface area contributed by atoms with Gasteiger partial charge in [0.15, 0.2) is 0 Å². The lowest BCUT2D eigenvalue weighted by Crippen LogP contribution is -1.87. The van der Waals surface area contributed by atoms with E-state index in [1.54, 1.807) is 17.4 Å². The molecule has 0 spiro atoms. The van der Waals surface area contributed by atoms with Crippen molar-refractivity contribution in [1.82, 2.24) is 15.2 Å². The third kappa shape index (κ3) is 3.93. The fraction of sp³-hybridized carbons (Fsp3) is 0.143. The third-order valence-corrected chi connectivity index (χ3v) is 5.32. The summed E-state index contributed by atoms with van der Waals surface area (Å²) in [7, 11) is 0. The monoisotopic (exact) mass is 383 g/mol. The molecule has 3 aromatic rings. The van der Waals surface area contributed by atoms with Crippen molar-refractivity contribution in [3.05, 3.63) is 62.3 Å². The number of H-pyrrole nitrogens is 1. The van der Waals surface area contributed by atoms with Gasteiger partial charge in [-0.05, 0) is 29.1 Å². The molecule has 0 aliphatic rings. The van der Waals surface area contributed by atoms with Gasteiger partial charge in [0.2, 0.25) is 5.16 Å². The number of nitrogens with zero attached hydrogens (tertiary/aromatic N) is 2. The summed E-state index contributed by atoms with van der Waals surface area (Å²) in [6, 6.07) is 8.80. The van der Waals surface area contributed by atoms with E-state index in [4.69, 9.17) is 0 Å². The molecule has 2 aromatic heterocycles. The fourth-order valence-electron chi connectivity index (χ4n) is 1.78. The molecule has 0 bridgehead atoms. The first-order valence-corrected chi connectivity index (χ1v) is 8.87. The van der Waals surface area contributed by atoms with Crippen LogP contribution < -0.4 is 0 Å². The van der Waals surface area contributed by atoms with E-state index >= 15 is 0 Å². The molecule has 0 unspecified atom stereocenters. The molecule has 2 heterocycles. The largest absolute Gasteiger partial charge is 0.262 e. The van der Waals surface area contributed by atoms with E-state index in [9.17, 15) is 4.39 Å². The van der Waals surface area contributed by atoms with Gasteiger partial charge in [-0.25, -0.2) is 9.37 Å². The molecule has 0 amide bonds. The maximum Gasteiger partial charge on any atom is 0.208 e. The van der Waals surface area contributed by atoms with Gasteiger partial charge in [-0.3, -0.25) is 5.10 Å². The molecule has 0 saturated heterocycles. The van der Waals surface area contributed by atoms with Gasteiger partial charge in [0.25, 0.3) is 0 Å². The average molecular weight is 384 g/mol. The first kappa shape index (κ1) is 14.7. The summed E-state index contributed by atoms with van der Waals surface area (Å²) in [4.78, 5) is 5.71. The second kappa shape index (κ2) is 6.72. The Morgan fingerprint density at radius 1 is 1.33 bits per heavy atom. The third-order valence-electron chi connectivity index (χ3n) is 2.80. The van der Waals surface area contributed by atoms with Crippen molar-refractivity contribution >= 4 is 39.0 Å². The van der Waals surface area contributed by atoms with Crippen molar-refractivity contribution in [2.75, 3.05) is 0 Å². The Morgan fingerprint density at radius 3 is 3.00 bits per heavy atom. The van der Waals surface area contributed by atoms with Crippen LogP contribution in [0.25, 0.3) is 0 Å². The maximum absolute atomic E-state index is 13.0. The molecule has 0 saturated carbocycles. The summed E-state index contributed by atoms with van der Waals surface area (Å²) >= 11 is 6.59. The van der Waals surface area contributed by atoms with Gasteiger partial charge in [-0.2, -0.15) is 0 Å². The van der Waals surface area contributed by atoms with Gasteiger partial charge in [0.1, 0.15) is 11.6 Å². The van der Waals surface area contributed by atoms with Crippen LogP contribution >= 0.6 is 39.0 Å². The van der Waals surface area contributed by atoms with Crippen LogP contribution in [0.1, 0.15) is 16.3 Å². The van der Waals surface area contributed by atoms with Crippen molar-refractivity contribution < 1.29 is 4.39 Å². The second-order valence-electron chi connectivity index (χ2n) is 4.35. The molecular formula is C14H11BrFN3S2. The molecule has 0 radical (unpaired) electrons. The lowest BCUT2D eigenvalue weighted by molar-refractivity contribution is 0.626. The highest BCUT2D eigenvalue weighted by atomic mass is 79.9. The van der Waals surface area contributed by atoms with Crippen molar-refractivity contribution in [3.8, 4) is 0 Å². The van der Waals surface area contributed by atoms with Crippen LogP contribution in [0.4, 0.5) is 4.39 Å². The zero-order valence-corrected chi connectivity index (χ0v) is 14.1.